The van der Waals surface area contributed by atoms with Gasteiger partial charge in [-0.05, 0) is 18.1 Å². The molecule has 0 radical (unpaired) electrons. The van der Waals surface area contributed by atoms with Crippen LogP contribution in [-0.2, 0) is 14.8 Å². The third-order valence-electron chi connectivity index (χ3n) is 2.77. The molecule has 0 fully saturated rings. The lowest BCUT2D eigenvalue weighted by atomic mass is 10.1. The molecule has 0 aliphatic carbocycles. The third-order valence-corrected chi connectivity index (χ3v) is 5.58. The van der Waals surface area contributed by atoms with Crippen molar-refractivity contribution in [2.75, 3.05) is 0 Å². The molecule has 8 heteroatoms. The number of carbonyl (C=O) groups excluding carboxylic acids is 1. The summed E-state index contributed by atoms with van der Waals surface area (Å²) in [6.07, 6.45) is 0. The van der Waals surface area contributed by atoms with Crippen LogP contribution in [0.1, 0.15) is 19.4 Å². The first-order valence-electron chi connectivity index (χ1n) is 5.97. The minimum absolute atomic E-state index is 0.110. The number of hydrogen-bond acceptors (Lipinski definition) is 4. The van der Waals surface area contributed by atoms with Gasteiger partial charge in [0.25, 0.3) is 15.9 Å². The molecule has 1 aliphatic rings. The summed E-state index contributed by atoms with van der Waals surface area (Å²) >= 11 is 3.26. The second-order valence-electron chi connectivity index (χ2n) is 4.67. The van der Waals surface area contributed by atoms with Crippen molar-refractivity contribution < 1.29 is 13.2 Å². The van der Waals surface area contributed by atoms with Crippen LogP contribution in [0.15, 0.2) is 33.6 Å². The average Bonchev–Trinajstić information content (AvgIpc) is 2.67. The van der Waals surface area contributed by atoms with E-state index in [0.717, 1.165) is 0 Å². The van der Waals surface area contributed by atoms with Crippen molar-refractivity contribution in [2.24, 2.45) is 10.3 Å². The molecule has 6 nitrogen and oxygen atoms in total. The fourth-order valence-electron chi connectivity index (χ4n) is 1.69. The molecular weight excluding hydrogens is 346 g/mol. The Labute approximate surface area is 125 Å². The molecule has 20 heavy (non-hydrogen) atoms. The Morgan fingerprint density at radius 3 is 2.60 bits per heavy atom. The maximum atomic E-state index is 11.8. The second kappa shape index (κ2) is 5.53. The van der Waals surface area contributed by atoms with Crippen LogP contribution in [0.3, 0.4) is 0 Å². The van der Waals surface area contributed by atoms with Crippen LogP contribution in [0.2, 0.25) is 0 Å². The van der Waals surface area contributed by atoms with Gasteiger partial charge in [0.15, 0.2) is 5.84 Å². The molecule has 1 aromatic rings. The highest BCUT2D eigenvalue weighted by molar-refractivity contribution is 9.10. The number of benzene rings is 1. The van der Waals surface area contributed by atoms with Crippen molar-refractivity contribution in [3.63, 3.8) is 0 Å². The van der Waals surface area contributed by atoms with E-state index in [-0.39, 0.29) is 27.4 Å². The van der Waals surface area contributed by atoms with Crippen molar-refractivity contribution in [1.29, 1.82) is 0 Å². The van der Waals surface area contributed by atoms with Crippen LogP contribution >= 0.6 is 15.9 Å². The Morgan fingerprint density at radius 1 is 1.30 bits per heavy atom. The van der Waals surface area contributed by atoms with Gasteiger partial charge in [-0.3, -0.25) is 15.6 Å². The molecule has 0 saturated heterocycles. The van der Waals surface area contributed by atoms with E-state index in [1.807, 2.05) is 13.8 Å². The molecule has 1 heterocycles. The van der Waals surface area contributed by atoms with Crippen LogP contribution in [0.25, 0.3) is 0 Å². The smallest absolute Gasteiger partial charge is 0.281 e. The molecule has 2 N–H and O–H groups in total. The lowest BCUT2D eigenvalue weighted by Gasteiger charge is -2.14. The van der Waals surface area contributed by atoms with Crippen LogP contribution in [0.4, 0.5) is 0 Å². The summed E-state index contributed by atoms with van der Waals surface area (Å²) in [6, 6.07) is 6.44. The highest BCUT2D eigenvalue weighted by atomic mass is 79.9. The first kappa shape index (κ1) is 15.0. The van der Waals surface area contributed by atoms with Crippen molar-refractivity contribution in [2.45, 2.75) is 23.6 Å². The normalized spacial score (nSPS) is 17.3. The summed E-state index contributed by atoms with van der Waals surface area (Å²) in [5, 5.41) is 0. The summed E-state index contributed by atoms with van der Waals surface area (Å²) in [5.74, 6) is -0.0554. The summed E-state index contributed by atoms with van der Waals surface area (Å²) in [5.41, 5.74) is 5.47. The van der Waals surface area contributed by atoms with Crippen LogP contribution in [-0.4, -0.2) is 25.0 Å². The van der Waals surface area contributed by atoms with Crippen LogP contribution < -0.4 is 10.9 Å². The van der Waals surface area contributed by atoms with Gasteiger partial charge in [0.05, 0.1) is 4.83 Å². The Kier molecular flexibility index (Phi) is 4.14. The number of amides is 1. The van der Waals surface area contributed by atoms with E-state index in [9.17, 15) is 13.2 Å². The maximum absolute atomic E-state index is 11.8. The van der Waals surface area contributed by atoms with Gasteiger partial charge >= 0.3 is 0 Å². The molecule has 1 aromatic carbocycles. The average molecular weight is 360 g/mol. The van der Waals surface area contributed by atoms with Gasteiger partial charge in [-0.2, -0.15) is 8.42 Å². The summed E-state index contributed by atoms with van der Waals surface area (Å²) in [6.45, 7) is 3.79. The van der Waals surface area contributed by atoms with Crippen LogP contribution in [0.5, 0.6) is 0 Å². The fourth-order valence-corrected chi connectivity index (χ4v) is 2.98. The topological polar surface area (TPSA) is 87.6 Å². The fraction of sp³-hybridized carbons (Fsp3) is 0.333. The first-order chi connectivity index (χ1) is 9.33. The van der Waals surface area contributed by atoms with Gasteiger partial charge in [0.2, 0.25) is 0 Å². The van der Waals surface area contributed by atoms with E-state index in [4.69, 9.17) is 0 Å². The van der Waals surface area contributed by atoms with Gasteiger partial charge in [0, 0.05) is 5.56 Å². The summed E-state index contributed by atoms with van der Waals surface area (Å²) in [4.78, 5) is 11.6. The Bertz CT molecular complexity index is 670. The quantitative estimate of drug-likeness (QED) is 0.612. The zero-order valence-electron chi connectivity index (χ0n) is 10.9. The van der Waals surface area contributed by atoms with Crippen LogP contribution in [0, 0.1) is 5.92 Å². The molecule has 0 unspecified atom stereocenters. The Balaban J connectivity index is 2.15. The molecule has 0 aromatic heterocycles. The number of hydrazine groups is 1. The largest absolute Gasteiger partial charge is 0.285 e. The zero-order chi connectivity index (χ0) is 14.9. The van der Waals surface area contributed by atoms with Gasteiger partial charge < -0.3 is 0 Å². The SMILES string of the molecule is CC(C)[C@@H](Br)C(=O)NNC1=NS(=O)(=O)c2ccccc21. The molecular formula is C12H14BrN3O3S. The lowest BCUT2D eigenvalue weighted by Crippen LogP contribution is -2.46. The number of alkyl halides is 1. The molecule has 1 amide bonds. The highest BCUT2D eigenvalue weighted by Crippen LogP contribution is 2.24. The number of halogens is 1. The first-order valence-corrected chi connectivity index (χ1v) is 8.33. The standard InChI is InChI=1S/C12H14BrN3O3S/c1-7(2)10(13)12(17)15-14-11-8-5-3-4-6-9(8)20(18,19)16-11/h3-7,10H,1-2H3,(H,14,16)(H,15,17)/t10-/m1/s1. The summed E-state index contributed by atoms with van der Waals surface area (Å²) < 4.78 is 27.2. The highest BCUT2D eigenvalue weighted by Gasteiger charge is 2.29. The number of nitrogens with zero attached hydrogens (tertiary/aromatic N) is 1. The van der Waals surface area contributed by atoms with Gasteiger partial charge in [-0.25, -0.2) is 0 Å². The number of sulfonamides is 1. The van der Waals surface area contributed by atoms with E-state index < -0.39 is 10.0 Å². The molecule has 1 atom stereocenters. The number of hydrogen-bond donors (Lipinski definition) is 2. The third kappa shape index (κ3) is 2.85. The van der Waals surface area contributed by atoms with E-state index >= 15 is 0 Å². The van der Waals surface area contributed by atoms with Crippen molar-refractivity contribution >= 4 is 37.7 Å². The van der Waals surface area contributed by atoms with E-state index in [2.05, 4.69) is 31.2 Å². The van der Waals surface area contributed by atoms with E-state index in [1.54, 1.807) is 18.2 Å². The van der Waals surface area contributed by atoms with Crippen molar-refractivity contribution in [3.8, 4) is 0 Å². The maximum Gasteiger partial charge on any atom is 0.285 e. The number of carbonyl (C=O) groups is 1. The Morgan fingerprint density at radius 2 is 1.95 bits per heavy atom. The molecule has 108 valence electrons. The summed E-state index contributed by atoms with van der Waals surface area (Å²) in [7, 11) is -3.68. The number of fused-ring (bicyclic) bond motifs is 1. The number of amidine groups is 1. The number of rotatable bonds is 2. The van der Waals surface area contributed by atoms with Crippen molar-refractivity contribution in [1.82, 2.24) is 10.9 Å². The van der Waals surface area contributed by atoms with E-state index in [1.165, 1.54) is 6.07 Å². The Hall–Kier alpha value is -1.41. The zero-order valence-corrected chi connectivity index (χ0v) is 13.3. The van der Waals surface area contributed by atoms with Gasteiger partial charge in [0.1, 0.15) is 4.90 Å². The molecule has 0 bridgehead atoms. The van der Waals surface area contributed by atoms with E-state index in [0.29, 0.717) is 5.56 Å². The predicted molar refractivity (Wildman–Crippen MR) is 79.0 cm³/mol. The minimum Gasteiger partial charge on any atom is -0.281 e. The predicted octanol–water partition coefficient (Wildman–Crippen LogP) is 1.18. The number of nitrogens with one attached hydrogen (secondary N) is 2. The second-order valence-corrected chi connectivity index (χ2v) is 7.23. The minimum atomic E-state index is -3.68. The molecule has 2 rings (SSSR count). The molecule has 0 spiro atoms. The van der Waals surface area contributed by atoms with Crippen molar-refractivity contribution in [3.05, 3.63) is 29.8 Å². The van der Waals surface area contributed by atoms with Gasteiger partial charge in [-0.1, -0.05) is 41.9 Å². The van der Waals surface area contributed by atoms with Gasteiger partial charge in [-0.15, -0.1) is 4.40 Å². The molecule has 0 saturated carbocycles. The monoisotopic (exact) mass is 359 g/mol. The molecule has 1 aliphatic heterocycles. The lowest BCUT2D eigenvalue weighted by molar-refractivity contribution is -0.121.